The van der Waals surface area contributed by atoms with Crippen LogP contribution in [0.1, 0.15) is 0 Å². The Bertz CT molecular complexity index is 1020. The van der Waals surface area contributed by atoms with Crippen molar-refractivity contribution in [3.05, 3.63) is 59.4 Å². The van der Waals surface area contributed by atoms with Crippen LogP contribution in [0.15, 0.2) is 58.3 Å². The summed E-state index contributed by atoms with van der Waals surface area (Å²) in [7, 11) is -7.69. The Balaban J connectivity index is 1.78. The van der Waals surface area contributed by atoms with Crippen LogP contribution in [0, 0.1) is 5.82 Å². The molecule has 1 heterocycles. The van der Waals surface area contributed by atoms with E-state index in [1.807, 2.05) is 0 Å². The molecule has 26 heavy (non-hydrogen) atoms. The maximum absolute atomic E-state index is 13.3. The van der Waals surface area contributed by atoms with Gasteiger partial charge in [0.2, 0.25) is 20.0 Å². The highest BCUT2D eigenvalue weighted by Gasteiger charge is 2.34. The van der Waals surface area contributed by atoms with Crippen molar-refractivity contribution in [2.75, 3.05) is 26.2 Å². The highest BCUT2D eigenvalue weighted by molar-refractivity contribution is 7.89. The summed E-state index contributed by atoms with van der Waals surface area (Å²) in [4.78, 5) is -0.164. The molecule has 0 atom stereocenters. The van der Waals surface area contributed by atoms with Gasteiger partial charge in [0.15, 0.2) is 0 Å². The average molecular weight is 419 g/mol. The fourth-order valence-electron chi connectivity index (χ4n) is 2.72. The third-order valence-electron chi connectivity index (χ3n) is 4.09. The van der Waals surface area contributed by atoms with E-state index >= 15 is 0 Å². The van der Waals surface area contributed by atoms with Gasteiger partial charge in [0.1, 0.15) is 10.7 Å². The molecule has 6 nitrogen and oxygen atoms in total. The predicted octanol–water partition coefficient (Wildman–Crippen LogP) is 2.17. The normalized spacial score (nSPS) is 17.3. The monoisotopic (exact) mass is 418 g/mol. The van der Waals surface area contributed by atoms with Crippen LogP contribution >= 0.6 is 11.6 Å². The van der Waals surface area contributed by atoms with E-state index in [9.17, 15) is 21.2 Å². The average Bonchev–Trinajstić information content (AvgIpc) is 2.62. The van der Waals surface area contributed by atoms with Crippen molar-refractivity contribution >= 4 is 31.6 Å². The highest BCUT2D eigenvalue weighted by Crippen LogP contribution is 2.26. The van der Waals surface area contributed by atoms with Crippen LogP contribution < -0.4 is 0 Å². The minimum absolute atomic E-state index is 0.0110. The summed E-state index contributed by atoms with van der Waals surface area (Å²) in [6, 6.07) is 10.8. The summed E-state index contributed by atoms with van der Waals surface area (Å²) < 4.78 is 66.3. The minimum atomic E-state index is -3.88. The topological polar surface area (TPSA) is 74.8 Å². The maximum Gasteiger partial charge on any atom is 0.244 e. The molecule has 0 aliphatic carbocycles. The Kier molecular flexibility index (Phi) is 5.36. The lowest BCUT2D eigenvalue weighted by Gasteiger charge is -2.33. The number of piperazine rings is 1. The third kappa shape index (κ3) is 3.63. The highest BCUT2D eigenvalue weighted by atomic mass is 35.5. The molecule has 0 bridgehead atoms. The number of hydrogen-bond donors (Lipinski definition) is 0. The lowest BCUT2D eigenvalue weighted by atomic mass is 10.4. The molecule has 0 aromatic heterocycles. The summed E-state index contributed by atoms with van der Waals surface area (Å²) in [6.45, 7) is -0.0741. The van der Waals surface area contributed by atoms with E-state index in [0.29, 0.717) is 0 Å². The third-order valence-corrected chi connectivity index (χ3v) is 8.38. The summed E-state index contributed by atoms with van der Waals surface area (Å²) in [5, 5.41) is 0.113. The first-order chi connectivity index (χ1) is 12.2. The smallest absolute Gasteiger partial charge is 0.207 e. The molecule has 140 valence electrons. The van der Waals surface area contributed by atoms with Crippen LogP contribution in [0.2, 0.25) is 5.02 Å². The first kappa shape index (κ1) is 19.2. The molecule has 0 spiro atoms. The molecule has 1 aliphatic heterocycles. The second-order valence-corrected chi connectivity index (χ2v) is 9.95. The van der Waals surface area contributed by atoms with Crippen LogP contribution in [0.5, 0.6) is 0 Å². The Morgan fingerprint density at radius 2 is 1.38 bits per heavy atom. The molecule has 0 unspecified atom stereocenters. The van der Waals surface area contributed by atoms with Crippen molar-refractivity contribution in [3.63, 3.8) is 0 Å². The molecule has 1 fully saturated rings. The van der Waals surface area contributed by atoms with Crippen molar-refractivity contribution in [1.82, 2.24) is 8.61 Å². The van der Waals surface area contributed by atoms with Crippen LogP contribution in [0.3, 0.4) is 0 Å². The second kappa shape index (κ2) is 7.24. The Labute approximate surface area is 156 Å². The zero-order valence-corrected chi connectivity index (χ0v) is 15.9. The second-order valence-electron chi connectivity index (χ2n) is 5.70. The lowest BCUT2D eigenvalue weighted by Crippen LogP contribution is -2.50. The van der Waals surface area contributed by atoms with Crippen LogP contribution in [-0.4, -0.2) is 51.6 Å². The van der Waals surface area contributed by atoms with Crippen molar-refractivity contribution in [2.45, 2.75) is 9.79 Å². The quantitative estimate of drug-likeness (QED) is 0.762. The van der Waals surface area contributed by atoms with Crippen molar-refractivity contribution in [3.8, 4) is 0 Å². The van der Waals surface area contributed by atoms with Gasteiger partial charge in [0.05, 0.1) is 9.92 Å². The predicted molar refractivity (Wildman–Crippen MR) is 95.4 cm³/mol. The van der Waals surface area contributed by atoms with Crippen molar-refractivity contribution in [1.29, 1.82) is 0 Å². The van der Waals surface area contributed by atoms with Gasteiger partial charge in [-0.3, -0.25) is 0 Å². The van der Waals surface area contributed by atoms with E-state index in [2.05, 4.69) is 0 Å². The summed E-state index contributed by atoms with van der Waals surface area (Å²) in [6.07, 6.45) is 0. The van der Waals surface area contributed by atoms with E-state index in [0.717, 1.165) is 16.4 Å². The number of sulfonamides is 2. The van der Waals surface area contributed by atoms with Gasteiger partial charge in [-0.15, -0.1) is 0 Å². The van der Waals surface area contributed by atoms with E-state index in [1.165, 1.54) is 28.6 Å². The molecule has 0 N–H and O–H groups in total. The van der Waals surface area contributed by atoms with Gasteiger partial charge >= 0.3 is 0 Å². The molecule has 0 radical (unpaired) electrons. The fraction of sp³-hybridized carbons (Fsp3) is 0.250. The zero-order chi connectivity index (χ0) is 18.9. The van der Waals surface area contributed by atoms with Gasteiger partial charge in [-0.2, -0.15) is 8.61 Å². The van der Waals surface area contributed by atoms with Crippen molar-refractivity contribution in [2.24, 2.45) is 0 Å². The van der Waals surface area contributed by atoms with Crippen molar-refractivity contribution < 1.29 is 21.2 Å². The molecule has 1 saturated heterocycles. The molecular formula is C16H16ClFN2O4S2. The van der Waals surface area contributed by atoms with Gasteiger partial charge in [-0.05, 0) is 30.3 Å². The summed E-state index contributed by atoms with van der Waals surface area (Å²) in [5.74, 6) is -0.647. The number of benzene rings is 2. The molecule has 0 amide bonds. The largest absolute Gasteiger partial charge is 0.244 e. The lowest BCUT2D eigenvalue weighted by molar-refractivity contribution is 0.273. The van der Waals surface area contributed by atoms with E-state index in [-0.39, 0.29) is 41.0 Å². The van der Waals surface area contributed by atoms with E-state index < -0.39 is 25.9 Å². The van der Waals surface area contributed by atoms with Gasteiger partial charge < -0.3 is 0 Å². The molecule has 0 saturated carbocycles. The first-order valence-corrected chi connectivity index (χ1v) is 11.0. The number of rotatable bonds is 4. The minimum Gasteiger partial charge on any atom is -0.207 e. The van der Waals surface area contributed by atoms with E-state index in [4.69, 9.17) is 11.6 Å². The SMILES string of the molecule is O=S(=O)(c1cccc(F)c1)N1CCN(S(=O)(=O)c2ccccc2Cl)CC1. The Hall–Kier alpha value is -1.52. The fourth-order valence-corrected chi connectivity index (χ4v) is 6.09. The van der Waals surface area contributed by atoms with E-state index in [1.54, 1.807) is 12.1 Å². The molecule has 2 aromatic carbocycles. The molecule has 2 aromatic rings. The summed E-state index contributed by atoms with van der Waals surface area (Å²) in [5.41, 5.74) is 0. The Morgan fingerprint density at radius 1 is 0.808 bits per heavy atom. The molecule has 1 aliphatic rings. The van der Waals surface area contributed by atoms with Crippen LogP contribution in [0.25, 0.3) is 0 Å². The number of nitrogens with zero attached hydrogens (tertiary/aromatic N) is 2. The standard InChI is InChI=1S/C16H16ClFN2O4S2/c17-15-6-1-2-7-16(15)26(23,24)20-10-8-19(9-11-20)25(21,22)14-5-3-4-13(18)12-14/h1-7,12H,8-11H2. The first-order valence-electron chi connectivity index (χ1n) is 7.73. The number of halogens is 2. The molecular weight excluding hydrogens is 403 g/mol. The number of hydrogen-bond acceptors (Lipinski definition) is 4. The Morgan fingerprint density at radius 3 is 1.96 bits per heavy atom. The molecule has 10 heteroatoms. The van der Waals surface area contributed by atoms with Crippen LogP contribution in [-0.2, 0) is 20.0 Å². The van der Waals surface area contributed by atoms with Crippen LogP contribution in [0.4, 0.5) is 4.39 Å². The van der Waals surface area contributed by atoms with Gasteiger partial charge in [0.25, 0.3) is 0 Å². The van der Waals surface area contributed by atoms with Gasteiger partial charge in [0, 0.05) is 26.2 Å². The maximum atomic E-state index is 13.3. The summed E-state index contributed by atoms with van der Waals surface area (Å²) >= 11 is 5.98. The molecule has 3 rings (SSSR count). The van der Waals surface area contributed by atoms with Gasteiger partial charge in [-0.25, -0.2) is 21.2 Å². The van der Waals surface area contributed by atoms with Gasteiger partial charge in [-0.1, -0.05) is 29.8 Å². The zero-order valence-electron chi connectivity index (χ0n) is 13.5.